The maximum absolute atomic E-state index is 13.3. The zero-order chi connectivity index (χ0) is 13.2. The second-order valence-electron chi connectivity index (χ2n) is 5.16. The van der Waals surface area contributed by atoms with Crippen molar-refractivity contribution in [2.45, 2.75) is 19.3 Å². The number of hydrazone groups is 1. The van der Waals surface area contributed by atoms with Crippen molar-refractivity contribution < 1.29 is 4.39 Å². The maximum atomic E-state index is 13.3. The summed E-state index contributed by atoms with van der Waals surface area (Å²) in [6.07, 6.45) is 3.93. The summed E-state index contributed by atoms with van der Waals surface area (Å²) in [5, 5.41) is 4.44. The van der Waals surface area contributed by atoms with Crippen molar-refractivity contribution in [3.8, 4) is 0 Å². The minimum absolute atomic E-state index is 0.0425. The Labute approximate surface area is 112 Å². The Hall–Kier alpha value is -1.90. The third-order valence-corrected chi connectivity index (χ3v) is 3.80. The Balaban J connectivity index is 1.92. The van der Waals surface area contributed by atoms with Crippen LogP contribution in [0.25, 0.3) is 0 Å². The van der Waals surface area contributed by atoms with Gasteiger partial charge in [0.1, 0.15) is 5.83 Å². The first-order valence-corrected chi connectivity index (χ1v) is 6.67. The first-order valence-electron chi connectivity index (χ1n) is 6.67. The fourth-order valence-corrected chi connectivity index (χ4v) is 2.78. The van der Waals surface area contributed by atoms with Crippen molar-refractivity contribution in [3.63, 3.8) is 0 Å². The topological polar surface area (TPSA) is 24.4 Å². The molecular formula is C16H17FN2. The Bertz CT molecular complexity index is 557. The van der Waals surface area contributed by atoms with Crippen molar-refractivity contribution in [1.82, 2.24) is 5.43 Å². The molecule has 1 unspecified atom stereocenters. The van der Waals surface area contributed by atoms with E-state index in [1.807, 2.05) is 24.3 Å². The minimum atomic E-state index is -0.0425. The lowest BCUT2D eigenvalue weighted by Crippen LogP contribution is -2.19. The Morgan fingerprint density at radius 3 is 2.74 bits per heavy atom. The second-order valence-corrected chi connectivity index (χ2v) is 5.16. The van der Waals surface area contributed by atoms with Crippen molar-refractivity contribution in [3.05, 3.63) is 59.4 Å². The zero-order valence-corrected chi connectivity index (χ0v) is 10.9. The standard InChI is InChI=1S/C16H17FN2/c1-11-9-13(17)7-8-14(11)16-15(10-18-19-16)12-5-3-2-4-6-12/h2-8,11,15,18H,9-10H2,1H3/t11?,15-/m1/s1. The molecule has 0 amide bonds. The highest BCUT2D eigenvalue weighted by molar-refractivity contribution is 6.06. The quantitative estimate of drug-likeness (QED) is 0.859. The SMILES string of the molecule is CC1CC(F)=CC=C1C1=NNC[C@@H]1c1ccccc1. The second kappa shape index (κ2) is 5.00. The van der Waals surface area contributed by atoms with Crippen molar-refractivity contribution in [2.24, 2.45) is 11.0 Å². The van der Waals surface area contributed by atoms with E-state index in [1.165, 1.54) is 5.56 Å². The third-order valence-electron chi connectivity index (χ3n) is 3.80. The minimum Gasteiger partial charge on any atom is -0.309 e. The van der Waals surface area contributed by atoms with Crippen molar-refractivity contribution in [2.75, 3.05) is 6.54 Å². The van der Waals surface area contributed by atoms with Crippen LogP contribution in [-0.4, -0.2) is 12.3 Å². The van der Waals surface area contributed by atoms with Crippen LogP contribution in [0.3, 0.4) is 0 Å². The summed E-state index contributed by atoms with van der Waals surface area (Å²) in [4.78, 5) is 0. The lowest BCUT2D eigenvalue weighted by molar-refractivity contribution is 0.528. The van der Waals surface area contributed by atoms with Crippen LogP contribution in [0.5, 0.6) is 0 Å². The first-order chi connectivity index (χ1) is 9.25. The van der Waals surface area contributed by atoms with Crippen molar-refractivity contribution >= 4 is 5.71 Å². The first kappa shape index (κ1) is 12.2. The highest BCUT2D eigenvalue weighted by atomic mass is 19.1. The molecule has 1 N–H and O–H groups in total. The molecule has 1 aliphatic heterocycles. The van der Waals surface area contributed by atoms with E-state index in [4.69, 9.17) is 0 Å². The maximum Gasteiger partial charge on any atom is 0.101 e. The van der Waals surface area contributed by atoms with Crippen LogP contribution in [0, 0.1) is 5.92 Å². The van der Waals surface area contributed by atoms with Gasteiger partial charge in [-0.25, -0.2) is 4.39 Å². The summed E-state index contributed by atoms with van der Waals surface area (Å²) < 4.78 is 13.3. The fourth-order valence-electron chi connectivity index (χ4n) is 2.78. The monoisotopic (exact) mass is 256 g/mol. The molecule has 1 aromatic rings. The van der Waals surface area contributed by atoms with Gasteiger partial charge in [-0.1, -0.05) is 43.3 Å². The van der Waals surface area contributed by atoms with Crippen LogP contribution in [0.2, 0.25) is 0 Å². The number of halogens is 1. The lowest BCUT2D eigenvalue weighted by atomic mass is 9.82. The van der Waals surface area contributed by atoms with Gasteiger partial charge in [-0.15, -0.1) is 0 Å². The number of nitrogens with one attached hydrogen (secondary N) is 1. The van der Waals surface area contributed by atoms with Gasteiger partial charge in [0, 0.05) is 18.9 Å². The number of hydrogen-bond acceptors (Lipinski definition) is 2. The summed E-state index contributed by atoms with van der Waals surface area (Å²) >= 11 is 0. The molecule has 0 saturated heterocycles. The molecule has 0 bridgehead atoms. The van der Waals surface area contributed by atoms with Gasteiger partial charge in [0.25, 0.3) is 0 Å². The lowest BCUT2D eigenvalue weighted by Gasteiger charge is -2.22. The van der Waals surface area contributed by atoms with Crippen LogP contribution in [0.4, 0.5) is 4.39 Å². The molecule has 2 atom stereocenters. The molecule has 0 fully saturated rings. The van der Waals surface area contributed by atoms with Crippen LogP contribution in [0.1, 0.15) is 24.8 Å². The molecule has 1 aromatic carbocycles. The van der Waals surface area contributed by atoms with Gasteiger partial charge in [0.15, 0.2) is 0 Å². The molecule has 0 radical (unpaired) electrons. The highest BCUT2D eigenvalue weighted by Gasteiger charge is 2.29. The average Bonchev–Trinajstić information content (AvgIpc) is 2.89. The molecule has 0 saturated carbocycles. The van der Waals surface area contributed by atoms with E-state index in [2.05, 4.69) is 29.6 Å². The molecule has 1 aliphatic carbocycles. The van der Waals surface area contributed by atoms with E-state index in [-0.39, 0.29) is 17.7 Å². The molecule has 98 valence electrons. The van der Waals surface area contributed by atoms with Crippen LogP contribution < -0.4 is 5.43 Å². The molecule has 2 nitrogen and oxygen atoms in total. The smallest absolute Gasteiger partial charge is 0.101 e. The van der Waals surface area contributed by atoms with E-state index >= 15 is 0 Å². The van der Waals surface area contributed by atoms with Gasteiger partial charge < -0.3 is 5.43 Å². The van der Waals surface area contributed by atoms with E-state index in [9.17, 15) is 4.39 Å². The molecule has 2 aliphatic rings. The number of nitrogens with zero attached hydrogens (tertiary/aromatic N) is 1. The molecule has 19 heavy (non-hydrogen) atoms. The molecule has 0 aromatic heterocycles. The summed E-state index contributed by atoms with van der Waals surface area (Å²) in [5.74, 6) is 0.415. The van der Waals surface area contributed by atoms with E-state index in [0.717, 1.165) is 17.8 Å². The molecular weight excluding hydrogens is 239 g/mol. The predicted molar refractivity (Wildman–Crippen MR) is 75.7 cm³/mol. The number of hydrogen-bond donors (Lipinski definition) is 1. The zero-order valence-electron chi connectivity index (χ0n) is 10.9. The largest absolute Gasteiger partial charge is 0.309 e. The van der Waals surface area contributed by atoms with E-state index in [1.54, 1.807) is 6.08 Å². The van der Waals surface area contributed by atoms with Gasteiger partial charge >= 0.3 is 0 Å². The van der Waals surface area contributed by atoms with Crippen LogP contribution in [-0.2, 0) is 0 Å². The van der Waals surface area contributed by atoms with Crippen LogP contribution in [0.15, 0.2) is 59.0 Å². The van der Waals surface area contributed by atoms with Gasteiger partial charge in [-0.05, 0) is 23.1 Å². The molecule has 3 rings (SSSR count). The average molecular weight is 256 g/mol. The number of rotatable bonds is 2. The fraction of sp³-hybridized carbons (Fsp3) is 0.312. The summed E-state index contributed by atoms with van der Waals surface area (Å²) in [7, 11) is 0. The summed E-state index contributed by atoms with van der Waals surface area (Å²) in [6.45, 7) is 2.87. The third kappa shape index (κ3) is 2.33. The number of allylic oxidation sites excluding steroid dienone is 4. The Kier molecular flexibility index (Phi) is 3.20. The molecule has 0 spiro atoms. The highest BCUT2D eigenvalue weighted by Crippen LogP contribution is 2.32. The van der Waals surface area contributed by atoms with Gasteiger partial charge in [0.05, 0.1) is 5.71 Å². The summed E-state index contributed by atoms with van der Waals surface area (Å²) in [6, 6.07) is 10.4. The van der Waals surface area contributed by atoms with Crippen LogP contribution >= 0.6 is 0 Å². The summed E-state index contributed by atoms with van der Waals surface area (Å²) in [5.41, 5.74) is 6.55. The van der Waals surface area contributed by atoms with E-state index < -0.39 is 0 Å². The predicted octanol–water partition coefficient (Wildman–Crippen LogP) is 3.55. The van der Waals surface area contributed by atoms with Gasteiger partial charge in [-0.2, -0.15) is 5.10 Å². The van der Waals surface area contributed by atoms with E-state index in [0.29, 0.717) is 6.42 Å². The Morgan fingerprint density at radius 2 is 2.00 bits per heavy atom. The van der Waals surface area contributed by atoms with Crippen molar-refractivity contribution in [1.29, 1.82) is 0 Å². The normalized spacial score (nSPS) is 26.3. The van der Waals surface area contributed by atoms with Gasteiger partial charge in [0.2, 0.25) is 0 Å². The molecule has 3 heteroatoms. The van der Waals surface area contributed by atoms with Gasteiger partial charge in [-0.3, -0.25) is 0 Å². The molecule has 1 heterocycles. The Morgan fingerprint density at radius 1 is 1.21 bits per heavy atom. The number of benzene rings is 1.